The van der Waals surface area contributed by atoms with E-state index in [0.717, 1.165) is 17.7 Å². The minimum absolute atomic E-state index is 0.0390. The van der Waals surface area contributed by atoms with Crippen molar-refractivity contribution in [2.75, 3.05) is 18.2 Å². The monoisotopic (exact) mass is 316 g/mol. The minimum Gasteiger partial charge on any atom is -0.454 e. The molecular formula is C17H14F2N2O2. The summed E-state index contributed by atoms with van der Waals surface area (Å²) in [6, 6.07) is 9.23. The van der Waals surface area contributed by atoms with Gasteiger partial charge in [0.1, 0.15) is 5.69 Å². The largest absolute Gasteiger partial charge is 0.454 e. The minimum atomic E-state index is -0.746. The van der Waals surface area contributed by atoms with Gasteiger partial charge in [0, 0.05) is 13.1 Å². The molecule has 2 aromatic rings. The molecule has 0 aliphatic carbocycles. The summed E-state index contributed by atoms with van der Waals surface area (Å²) in [5.41, 5.74) is 0.673. The first-order chi connectivity index (χ1) is 11.1. The molecule has 0 fully saturated rings. The second-order valence-corrected chi connectivity index (χ2v) is 5.10. The molecule has 0 spiro atoms. The van der Waals surface area contributed by atoms with Gasteiger partial charge in [-0.3, -0.25) is 0 Å². The van der Waals surface area contributed by atoms with Crippen molar-refractivity contribution in [3.05, 3.63) is 53.1 Å². The highest BCUT2D eigenvalue weighted by Gasteiger charge is 2.19. The number of ether oxygens (including phenoxy) is 2. The first-order valence-corrected chi connectivity index (χ1v) is 7.15. The predicted molar refractivity (Wildman–Crippen MR) is 80.4 cm³/mol. The maximum Gasteiger partial charge on any atom is 0.231 e. The van der Waals surface area contributed by atoms with Crippen molar-refractivity contribution in [2.24, 2.45) is 0 Å². The quantitative estimate of drug-likeness (QED) is 0.865. The van der Waals surface area contributed by atoms with Crippen LogP contribution in [-0.4, -0.2) is 13.3 Å². The van der Waals surface area contributed by atoms with E-state index in [1.54, 1.807) is 23.1 Å². The van der Waals surface area contributed by atoms with Crippen LogP contribution in [0.5, 0.6) is 11.5 Å². The maximum absolute atomic E-state index is 14.2. The van der Waals surface area contributed by atoms with Gasteiger partial charge in [0.15, 0.2) is 23.1 Å². The Morgan fingerprint density at radius 2 is 1.83 bits per heavy atom. The SMILES string of the molecule is CCN(Cc1ccc2c(c1)OCO2)c1c(F)cc(C#N)cc1F. The third-order valence-electron chi connectivity index (χ3n) is 3.65. The molecule has 0 radical (unpaired) electrons. The van der Waals surface area contributed by atoms with Gasteiger partial charge < -0.3 is 14.4 Å². The summed E-state index contributed by atoms with van der Waals surface area (Å²) in [6.07, 6.45) is 0. The molecule has 0 amide bonds. The van der Waals surface area contributed by atoms with Gasteiger partial charge in [-0.2, -0.15) is 5.26 Å². The molecule has 1 heterocycles. The summed E-state index contributed by atoms with van der Waals surface area (Å²) in [5, 5.41) is 8.78. The van der Waals surface area contributed by atoms with Crippen LogP contribution in [0.15, 0.2) is 30.3 Å². The summed E-state index contributed by atoms with van der Waals surface area (Å²) < 4.78 is 38.9. The van der Waals surface area contributed by atoms with Crippen LogP contribution in [0.25, 0.3) is 0 Å². The lowest BCUT2D eigenvalue weighted by Crippen LogP contribution is -2.24. The van der Waals surface area contributed by atoms with Crippen molar-refractivity contribution in [3.63, 3.8) is 0 Å². The molecular weight excluding hydrogens is 302 g/mol. The van der Waals surface area contributed by atoms with Gasteiger partial charge in [0.25, 0.3) is 0 Å². The van der Waals surface area contributed by atoms with E-state index >= 15 is 0 Å². The number of nitriles is 1. The van der Waals surface area contributed by atoms with Gasteiger partial charge in [-0.05, 0) is 36.8 Å². The Balaban J connectivity index is 1.90. The fourth-order valence-electron chi connectivity index (χ4n) is 2.54. The predicted octanol–water partition coefficient (Wildman–Crippen LogP) is 3.59. The van der Waals surface area contributed by atoms with Crippen LogP contribution in [0, 0.1) is 23.0 Å². The first kappa shape index (κ1) is 15.1. The normalized spacial score (nSPS) is 12.1. The van der Waals surface area contributed by atoms with Crippen LogP contribution in [0.3, 0.4) is 0 Å². The standard InChI is InChI=1S/C17H14F2N2O2/c1-2-21(17-13(18)5-12(8-20)6-14(17)19)9-11-3-4-15-16(7-11)23-10-22-15/h3-7H,2,9-10H2,1H3. The molecule has 3 rings (SSSR count). The van der Waals surface area contributed by atoms with E-state index in [0.29, 0.717) is 24.6 Å². The highest BCUT2D eigenvalue weighted by molar-refractivity contribution is 5.54. The summed E-state index contributed by atoms with van der Waals surface area (Å²) in [5.74, 6) is -0.208. The second-order valence-electron chi connectivity index (χ2n) is 5.10. The Morgan fingerprint density at radius 1 is 1.13 bits per heavy atom. The number of rotatable bonds is 4. The lowest BCUT2D eigenvalue weighted by atomic mass is 10.1. The number of hydrogen-bond donors (Lipinski definition) is 0. The molecule has 0 bridgehead atoms. The highest BCUT2D eigenvalue weighted by Crippen LogP contribution is 2.34. The smallest absolute Gasteiger partial charge is 0.231 e. The van der Waals surface area contributed by atoms with Crippen LogP contribution in [0.4, 0.5) is 14.5 Å². The van der Waals surface area contributed by atoms with Gasteiger partial charge in [0.05, 0.1) is 11.6 Å². The Kier molecular flexibility index (Phi) is 4.02. The van der Waals surface area contributed by atoms with Gasteiger partial charge in [-0.15, -0.1) is 0 Å². The van der Waals surface area contributed by atoms with Gasteiger partial charge in [-0.25, -0.2) is 8.78 Å². The number of fused-ring (bicyclic) bond motifs is 1. The molecule has 0 saturated heterocycles. The van der Waals surface area contributed by atoms with E-state index in [-0.39, 0.29) is 18.0 Å². The van der Waals surface area contributed by atoms with Gasteiger partial charge in [0.2, 0.25) is 6.79 Å². The molecule has 1 aliphatic heterocycles. The van der Waals surface area contributed by atoms with Crippen molar-refractivity contribution in [1.82, 2.24) is 0 Å². The fourth-order valence-corrected chi connectivity index (χ4v) is 2.54. The molecule has 6 heteroatoms. The third-order valence-corrected chi connectivity index (χ3v) is 3.65. The summed E-state index contributed by atoms with van der Waals surface area (Å²) in [6.45, 7) is 2.71. The molecule has 23 heavy (non-hydrogen) atoms. The zero-order chi connectivity index (χ0) is 16.4. The van der Waals surface area contributed by atoms with Crippen molar-refractivity contribution >= 4 is 5.69 Å². The van der Waals surface area contributed by atoms with E-state index in [9.17, 15) is 8.78 Å². The van der Waals surface area contributed by atoms with Crippen LogP contribution in [0.1, 0.15) is 18.1 Å². The molecule has 0 aromatic heterocycles. The molecule has 2 aromatic carbocycles. The van der Waals surface area contributed by atoms with E-state index in [2.05, 4.69) is 0 Å². The average Bonchev–Trinajstić information content (AvgIpc) is 3.00. The number of nitrogens with zero attached hydrogens (tertiary/aromatic N) is 2. The second kappa shape index (κ2) is 6.13. The van der Waals surface area contributed by atoms with Crippen LogP contribution < -0.4 is 14.4 Å². The van der Waals surface area contributed by atoms with Gasteiger partial charge in [-0.1, -0.05) is 6.07 Å². The Labute approximate surface area is 132 Å². The van der Waals surface area contributed by atoms with E-state index in [1.807, 2.05) is 13.0 Å². The number of anilines is 1. The molecule has 0 saturated carbocycles. The average molecular weight is 316 g/mol. The van der Waals surface area contributed by atoms with Crippen molar-refractivity contribution in [3.8, 4) is 17.6 Å². The van der Waals surface area contributed by atoms with E-state index in [4.69, 9.17) is 14.7 Å². The van der Waals surface area contributed by atoms with Crippen molar-refractivity contribution in [1.29, 1.82) is 5.26 Å². The highest BCUT2D eigenvalue weighted by atomic mass is 19.1. The number of hydrogen-bond acceptors (Lipinski definition) is 4. The lowest BCUT2D eigenvalue weighted by Gasteiger charge is -2.24. The molecule has 0 unspecified atom stereocenters. The van der Waals surface area contributed by atoms with E-state index in [1.165, 1.54) is 0 Å². The van der Waals surface area contributed by atoms with Gasteiger partial charge >= 0.3 is 0 Å². The van der Waals surface area contributed by atoms with Crippen LogP contribution >= 0.6 is 0 Å². The molecule has 1 aliphatic rings. The Morgan fingerprint density at radius 3 is 2.48 bits per heavy atom. The third kappa shape index (κ3) is 2.90. The Hall–Kier alpha value is -2.81. The van der Waals surface area contributed by atoms with Crippen molar-refractivity contribution < 1.29 is 18.3 Å². The molecule has 0 atom stereocenters. The van der Waals surface area contributed by atoms with E-state index < -0.39 is 11.6 Å². The lowest BCUT2D eigenvalue weighted by molar-refractivity contribution is 0.174. The number of halogens is 2. The summed E-state index contributed by atoms with van der Waals surface area (Å²) >= 11 is 0. The first-order valence-electron chi connectivity index (χ1n) is 7.15. The molecule has 4 nitrogen and oxygen atoms in total. The van der Waals surface area contributed by atoms with Crippen LogP contribution in [0.2, 0.25) is 0 Å². The summed E-state index contributed by atoms with van der Waals surface area (Å²) in [7, 11) is 0. The fraction of sp³-hybridized carbons (Fsp3) is 0.235. The topological polar surface area (TPSA) is 45.5 Å². The van der Waals surface area contributed by atoms with Crippen molar-refractivity contribution in [2.45, 2.75) is 13.5 Å². The zero-order valence-electron chi connectivity index (χ0n) is 12.5. The Bertz CT molecular complexity index is 764. The van der Waals surface area contributed by atoms with Crippen LogP contribution in [-0.2, 0) is 6.54 Å². The molecule has 118 valence electrons. The number of benzene rings is 2. The molecule has 0 N–H and O–H groups in total. The summed E-state index contributed by atoms with van der Waals surface area (Å²) in [4.78, 5) is 1.57. The zero-order valence-corrected chi connectivity index (χ0v) is 12.5. The maximum atomic E-state index is 14.2.